The third-order valence-corrected chi connectivity index (χ3v) is 4.94. The third-order valence-electron chi connectivity index (χ3n) is 4.94. The largest absolute Gasteiger partial charge is 0.457 e. The second-order valence-corrected chi connectivity index (χ2v) is 8.49. The zero-order valence-electron chi connectivity index (χ0n) is 18.0. The summed E-state index contributed by atoms with van der Waals surface area (Å²) in [7, 11) is 0. The van der Waals surface area contributed by atoms with Crippen LogP contribution in [0.5, 0.6) is 11.5 Å². The van der Waals surface area contributed by atoms with Crippen molar-refractivity contribution < 1.29 is 14.3 Å². The molecule has 1 aliphatic heterocycles. The molecule has 0 saturated carbocycles. The molecule has 1 aliphatic rings. The van der Waals surface area contributed by atoms with E-state index in [0.717, 1.165) is 16.7 Å². The Morgan fingerprint density at radius 3 is 2.42 bits per heavy atom. The molecule has 0 radical (unpaired) electrons. The highest BCUT2D eigenvalue weighted by Gasteiger charge is 2.26. The number of piperazine rings is 1. The molecule has 0 spiro atoms. The lowest BCUT2D eigenvalue weighted by Crippen LogP contribution is -2.50. The Labute approximate surface area is 181 Å². The maximum Gasteiger partial charge on any atom is 0.410 e. The molecule has 3 aromatic rings. The Kier molecular flexibility index (Phi) is 5.54. The van der Waals surface area contributed by atoms with Gasteiger partial charge in [-0.2, -0.15) is 0 Å². The van der Waals surface area contributed by atoms with Gasteiger partial charge in [0.1, 0.15) is 22.9 Å². The normalized spacial score (nSPS) is 14.5. The minimum Gasteiger partial charge on any atom is -0.457 e. The van der Waals surface area contributed by atoms with Crippen LogP contribution in [0.4, 0.5) is 16.3 Å². The van der Waals surface area contributed by atoms with Gasteiger partial charge < -0.3 is 25.0 Å². The van der Waals surface area contributed by atoms with E-state index in [1.165, 1.54) is 0 Å². The van der Waals surface area contributed by atoms with Gasteiger partial charge in [0.25, 0.3) is 0 Å². The summed E-state index contributed by atoms with van der Waals surface area (Å²) in [6.45, 7) is 8.12. The summed E-state index contributed by atoms with van der Waals surface area (Å²) in [5.74, 6) is 2.23. The number of hydrogen-bond acceptors (Lipinski definition) is 7. The van der Waals surface area contributed by atoms with E-state index in [1.54, 1.807) is 29.4 Å². The number of fused-ring (bicyclic) bond motifs is 1. The third kappa shape index (κ3) is 4.96. The van der Waals surface area contributed by atoms with Gasteiger partial charge in [0.2, 0.25) is 0 Å². The second kappa shape index (κ2) is 8.29. The first-order chi connectivity index (χ1) is 14.8. The molecule has 0 atom stereocenters. The molecule has 4 rings (SSSR count). The van der Waals surface area contributed by atoms with E-state index in [4.69, 9.17) is 15.2 Å². The van der Waals surface area contributed by atoms with Gasteiger partial charge in [-0.3, -0.25) is 4.98 Å². The molecule has 162 valence electrons. The minimum absolute atomic E-state index is 0.276. The van der Waals surface area contributed by atoms with Crippen LogP contribution < -0.4 is 15.4 Å². The molecule has 1 aromatic carbocycles. The van der Waals surface area contributed by atoms with Crippen molar-refractivity contribution >= 4 is 28.5 Å². The van der Waals surface area contributed by atoms with E-state index in [1.807, 2.05) is 45.0 Å². The van der Waals surface area contributed by atoms with Gasteiger partial charge in [-0.15, -0.1) is 0 Å². The molecule has 0 unspecified atom stereocenters. The summed E-state index contributed by atoms with van der Waals surface area (Å²) in [6.07, 6.45) is 3.18. The van der Waals surface area contributed by atoms with Gasteiger partial charge in [0, 0.05) is 43.4 Å². The maximum atomic E-state index is 12.3. The zero-order valence-corrected chi connectivity index (χ0v) is 18.0. The van der Waals surface area contributed by atoms with Crippen molar-refractivity contribution in [3.8, 4) is 11.5 Å². The number of nitrogens with zero attached hydrogens (tertiary/aromatic N) is 4. The van der Waals surface area contributed by atoms with Crippen LogP contribution in [-0.4, -0.2) is 52.7 Å². The van der Waals surface area contributed by atoms with Crippen LogP contribution in [0.2, 0.25) is 0 Å². The number of rotatable bonds is 3. The molecule has 0 aliphatic carbocycles. The first kappa shape index (κ1) is 20.7. The van der Waals surface area contributed by atoms with Crippen molar-refractivity contribution in [2.24, 2.45) is 0 Å². The highest BCUT2D eigenvalue weighted by molar-refractivity contribution is 5.86. The van der Waals surface area contributed by atoms with Crippen LogP contribution in [0.25, 0.3) is 10.9 Å². The molecular weight excluding hydrogens is 394 g/mol. The SMILES string of the molecule is CC(C)(C)OC(=O)N1CCN(c2cc3c(Oc4ccc(N)cc4)ccnc3cn2)CC1. The minimum atomic E-state index is -0.498. The van der Waals surface area contributed by atoms with E-state index in [-0.39, 0.29) is 6.09 Å². The van der Waals surface area contributed by atoms with Gasteiger partial charge in [0.05, 0.1) is 11.7 Å². The average molecular weight is 422 g/mol. The van der Waals surface area contributed by atoms with Crippen LogP contribution in [0.3, 0.4) is 0 Å². The van der Waals surface area contributed by atoms with Crippen LogP contribution >= 0.6 is 0 Å². The molecule has 8 nitrogen and oxygen atoms in total. The number of ether oxygens (including phenoxy) is 2. The molecule has 1 fully saturated rings. The second-order valence-electron chi connectivity index (χ2n) is 8.49. The molecule has 0 bridgehead atoms. The Morgan fingerprint density at radius 2 is 1.74 bits per heavy atom. The maximum absolute atomic E-state index is 12.3. The number of nitrogens with two attached hydrogens (primary N) is 1. The van der Waals surface area contributed by atoms with E-state index in [9.17, 15) is 4.79 Å². The van der Waals surface area contributed by atoms with Crippen molar-refractivity contribution in [2.75, 3.05) is 36.8 Å². The number of carbonyl (C=O) groups excluding carboxylic acids is 1. The van der Waals surface area contributed by atoms with Crippen molar-refractivity contribution in [1.82, 2.24) is 14.9 Å². The number of pyridine rings is 2. The van der Waals surface area contributed by atoms with Crippen LogP contribution in [0.15, 0.2) is 48.8 Å². The monoisotopic (exact) mass is 421 g/mol. The van der Waals surface area contributed by atoms with Crippen molar-refractivity contribution in [3.05, 3.63) is 48.8 Å². The Hall–Kier alpha value is -3.55. The average Bonchev–Trinajstić information content (AvgIpc) is 2.74. The lowest BCUT2D eigenvalue weighted by Gasteiger charge is -2.36. The molecule has 1 saturated heterocycles. The standard InChI is InChI=1S/C23H27N5O3/c1-23(2,3)31-22(29)28-12-10-27(11-13-28)21-14-18-19(15-26-21)25-9-8-20(18)30-17-6-4-16(24)5-7-17/h4-9,14-15H,10-13,24H2,1-3H3. The predicted molar refractivity (Wildman–Crippen MR) is 120 cm³/mol. The molecule has 8 heteroatoms. The van der Waals surface area contributed by atoms with Crippen LogP contribution in [0, 0.1) is 0 Å². The van der Waals surface area contributed by atoms with Gasteiger partial charge in [0.15, 0.2) is 0 Å². The molecule has 2 N–H and O–H groups in total. The first-order valence-corrected chi connectivity index (χ1v) is 10.3. The van der Waals surface area contributed by atoms with Crippen molar-refractivity contribution in [2.45, 2.75) is 26.4 Å². The van der Waals surface area contributed by atoms with Crippen LogP contribution in [0.1, 0.15) is 20.8 Å². The highest BCUT2D eigenvalue weighted by atomic mass is 16.6. The van der Waals surface area contributed by atoms with Crippen molar-refractivity contribution in [1.29, 1.82) is 0 Å². The van der Waals surface area contributed by atoms with E-state index in [2.05, 4.69) is 14.9 Å². The lowest BCUT2D eigenvalue weighted by atomic mass is 10.2. The van der Waals surface area contributed by atoms with E-state index < -0.39 is 5.60 Å². The number of nitrogen functional groups attached to an aromatic ring is 1. The smallest absolute Gasteiger partial charge is 0.410 e. The molecular formula is C23H27N5O3. The number of amides is 1. The van der Waals surface area contributed by atoms with Gasteiger partial charge in [-0.25, -0.2) is 9.78 Å². The fourth-order valence-corrected chi connectivity index (χ4v) is 3.38. The van der Waals surface area contributed by atoms with Gasteiger partial charge in [-0.1, -0.05) is 0 Å². The number of carbonyl (C=O) groups is 1. The summed E-state index contributed by atoms with van der Waals surface area (Å²) in [6, 6.07) is 11.1. The number of aromatic nitrogens is 2. The van der Waals surface area contributed by atoms with Crippen LogP contribution in [-0.2, 0) is 4.74 Å². The number of anilines is 2. The van der Waals surface area contributed by atoms with E-state index in [0.29, 0.717) is 43.4 Å². The number of benzene rings is 1. The predicted octanol–water partition coefficient (Wildman–Crippen LogP) is 4.06. The van der Waals surface area contributed by atoms with Gasteiger partial charge >= 0.3 is 6.09 Å². The highest BCUT2D eigenvalue weighted by Crippen LogP contribution is 2.31. The van der Waals surface area contributed by atoms with E-state index >= 15 is 0 Å². The molecule has 31 heavy (non-hydrogen) atoms. The van der Waals surface area contributed by atoms with Gasteiger partial charge in [-0.05, 0) is 57.2 Å². The quantitative estimate of drug-likeness (QED) is 0.637. The first-order valence-electron chi connectivity index (χ1n) is 10.3. The summed E-state index contributed by atoms with van der Waals surface area (Å²) in [4.78, 5) is 25.2. The summed E-state index contributed by atoms with van der Waals surface area (Å²) < 4.78 is 11.5. The summed E-state index contributed by atoms with van der Waals surface area (Å²) >= 11 is 0. The topological polar surface area (TPSA) is 93.8 Å². The van der Waals surface area contributed by atoms with Crippen molar-refractivity contribution in [3.63, 3.8) is 0 Å². The summed E-state index contributed by atoms with van der Waals surface area (Å²) in [5.41, 5.74) is 6.70. The number of hydrogen-bond donors (Lipinski definition) is 1. The Balaban J connectivity index is 1.50. The zero-order chi connectivity index (χ0) is 22.0. The fraction of sp³-hybridized carbons (Fsp3) is 0.348. The lowest BCUT2D eigenvalue weighted by molar-refractivity contribution is 0.0240. The Morgan fingerprint density at radius 1 is 1.03 bits per heavy atom. The molecule has 2 aromatic heterocycles. The molecule has 3 heterocycles. The summed E-state index contributed by atoms with van der Waals surface area (Å²) in [5, 5.41) is 0.874. The fourth-order valence-electron chi connectivity index (χ4n) is 3.38. The Bertz CT molecular complexity index is 1070. The molecule has 1 amide bonds.